The van der Waals surface area contributed by atoms with Gasteiger partial charge in [-0.3, -0.25) is 4.90 Å². The highest BCUT2D eigenvalue weighted by molar-refractivity contribution is 7.11. The van der Waals surface area contributed by atoms with Crippen LogP contribution in [0.2, 0.25) is 0 Å². The zero-order valence-corrected chi connectivity index (χ0v) is 14.8. The summed E-state index contributed by atoms with van der Waals surface area (Å²) in [5.74, 6) is 0. The predicted octanol–water partition coefficient (Wildman–Crippen LogP) is 2.99. The van der Waals surface area contributed by atoms with Gasteiger partial charge in [0.25, 0.3) is 0 Å². The van der Waals surface area contributed by atoms with E-state index >= 15 is 0 Å². The molecule has 1 aliphatic rings. The van der Waals surface area contributed by atoms with Crippen molar-refractivity contribution in [2.45, 2.75) is 65.8 Å². The molecule has 0 radical (unpaired) electrons. The van der Waals surface area contributed by atoms with Crippen molar-refractivity contribution < 1.29 is 4.74 Å². The van der Waals surface area contributed by atoms with Gasteiger partial charge in [0.1, 0.15) is 11.1 Å². The Hall–Kier alpha value is -0.490. The Bertz CT molecular complexity index is 445. The maximum atomic E-state index is 5.97. The molecule has 1 aliphatic heterocycles. The quantitative estimate of drug-likeness (QED) is 0.876. The van der Waals surface area contributed by atoms with Crippen molar-refractivity contribution in [3.8, 4) is 0 Å². The van der Waals surface area contributed by atoms with Crippen LogP contribution in [0.4, 0.5) is 0 Å². The van der Waals surface area contributed by atoms with Crippen LogP contribution < -0.4 is 5.32 Å². The van der Waals surface area contributed by atoms with Crippen molar-refractivity contribution in [1.29, 1.82) is 0 Å². The molecule has 0 spiro atoms. The van der Waals surface area contributed by atoms with Crippen LogP contribution >= 0.6 is 11.3 Å². The number of morpholine rings is 1. The van der Waals surface area contributed by atoms with Crippen molar-refractivity contribution in [3.05, 3.63) is 15.6 Å². The fourth-order valence-electron chi connectivity index (χ4n) is 2.54. The third-order valence-corrected chi connectivity index (χ3v) is 5.09. The third kappa shape index (κ3) is 4.49. The number of thiazole rings is 1. The van der Waals surface area contributed by atoms with Crippen LogP contribution in [0.15, 0.2) is 0 Å². The Labute approximate surface area is 132 Å². The van der Waals surface area contributed by atoms with E-state index < -0.39 is 0 Å². The Kier molecular flexibility index (Phi) is 6.17. The molecule has 2 heterocycles. The molecule has 0 bridgehead atoms. The number of aryl methyl sites for hydroxylation is 1. The lowest BCUT2D eigenvalue weighted by Gasteiger charge is -2.34. The average molecular weight is 311 g/mol. The molecule has 1 unspecified atom stereocenters. The Morgan fingerprint density at radius 2 is 2.14 bits per heavy atom. The maximum absolute atomic E-state index is 5.97. The first kappa shape index (κ1) is 16.9. The van der Waals surface area contributed by atoms with E-state index in [9.17, 15) is 0 Å². The highest BCUT2D eigenvalue weighted by atomic mass is 32.1. The Morgan fingerprint density at radius 1 is 1.38 bits per heavy atom. The second-order valence-corrected chi connectivity index (χ2v) is 7.37. The van der Waals surface area contributed by atoms with Gasteiger partial charge in [0.05, 0.1) is 12.3 Å². The summed E-state index contributed by atoms with van der Waals surface area (Å²) in [6.07, 6.45) is 1.14. The van der Waals surface area contributed by atoms with Gasteiger partial charge in [0.15, 0.2) is 0 Å². The molecule has 0 saturated carbocycles. The summed E-state index contributed by atoms with van der Waals surface area (Å²) in [7, 11) is 0. The first-order valence-corrected chi connectivity index (χ1v) is 8.90. The summed E-state index contributed by atoms with van der Waals surface area (Å²) in [6.45, 7) is 14.8. The molecule has 1 atom stereocenters. The first-order valence-electron chi connectivity index (χ1n) is 8.08. The van der Waals surface area contributed by atoms with Gasteiger partial charge in [-0.2, -0.15) is 0 Å². The van der Waals surface area contributed by atoms with E-state index in [1.54, 1.807) is 0 Å². The number of nitrogens with one attached hydrogen (secondary N) is 1. The van der Waals surface area contributed by atoms with Gasteiger partial charge in [-0.25, -0.2) is 4.98 Å². The summed E-state index contributed by atoms with van der Waals surface area (Å²) in [4.78, 5) is 8.70. The second kappa shape index (κ2) is 7.68. The smallest absolute Gasteiger partial charge is 0.123 e. The average Bonchev–Trinajstić information content (AvgIpc) is 2.88. The van der Waals surface area contributed by atoms with Gasteiger partial charge in [-0.15, -0.1) is 11.3 Å². The molecule has 0 aromatic carbocycles. The third-order valence-electron chi connectivity index (χ3n) is 3.90. The number of nitrogens with zero attached hydrogens (tertiary/aromatic N) is 2. The van der Waals surface area contributed by atoms with Gasteiger partial charge in [-0.05, 0) is 20.3 Å². The van der Waals surface area contributed by atoms with Crippen molar-refractivity contribution in [2.75, 3.05) is 19.7 Å². The number of ether oxygens (including phenoxy) is 1. The van der Waals surface area contributed by atoms with E-state index in [1.165, 1.54) is 10.6 Å². The van der Waals surface area contributed by atoms with Gasteiger partial charge in [0.2, 0.25) is 0 Å². The fraction of sp³-hybridized carbons (Fsp3) is 0.812. The minimum atomic E-state index is 0.143. The zero-order chi connectivity index (χ0) is 15.4. The molecule has 1 N–H and O–H groups in total. The van der Waals surface area contributed by atoms with Gasteiger partial charge in [0, 0.05) is 36.6 Å². The molecule has 5 heteroatoms. The van der Waals surface area contributed by atoms with E-state index in [4.69, 9.17) is 9.72 Å². The van der Waals surface area contributed by atoms with E-state index in [0.29, 0.717) is 12.1 Å². The minimum absolute atomic E-state index is 0.143. The molecule has 1 saturated heterocycles. The first-order chi connectivity index (χ1) is 10.0. The molecule has 120 valence electrons. The number of aromatic nitrogens is 1. The van der Waals surface area contributed by atoms with Crippen molar-refractivity contribution in [1.82, 2.24) is 15.2 Å². The monoisotopic (exact) mass is 311 g/mol. The SMILES string of the molecule is CCc1nc(C2CN(C(C)C)CCO2)sc1CNC(C)C. The van der Waals surface area contributed by atoms with Crippen LogP contribution in [0.3, 0.4) is 0 Å². The van der Waals surface area contributed by atoms with E-state index in [2.05, 4.69) is 44.8 Å². The largest absolute Gasteiger partial charge is 0.368 e. The van der Waals surface area contributed by atoms with Crippen molar-refractivity contribution in [3.63, 3.8) is 0 Å². The standard InChI is InChI=1S/C16H29N3OS/c1-6-13-15(9-17-11(2)3)21-16(18-13)14-10-19(12(4)5)7-8-20-14/h11-12,14,17H,6-10H2,1-5H3. The second-order valence-electron chi connectivity index (χ2n) is 6.26. The van der Waals surface area contributed by atoms with E-state index in [1.807, 2.05) is 11.3 Å². The molecule has 4 nitrogen and oxygen atoms in total. The Balaban J connectivity index is 2.08. The molecule has 0 amide bonds. The molecule has 1 fully saturated rings. The predicted molar refractivity (Wildman–Crippen MR) is 88.9 cm³/mol. The summed E-state index contributed by atoms with van der Waals surface area (Å²) < 4.78 is 5.97. The molecular weight excluding hydrogens is 282 g/mol. The molecule has 1 aromatic rings. The lowest BCUT2D eigenvalue weighted by molar-refractivity contribution is -0.0403. The lowest BCUT2D eigenvalue weighted by atomic mass is 10.2. The summed E-state index contributed by atoms with van der Waals surface area (Å²) in [5.41, 5.74) is 1.23. The molecule has 1 aromatic heterocycles. The van der Waals surface area contributed by atoms with Gasteiger partial charge in [-0.1, -0.05) is 20.8 Å². The van der Waals surface area contributed by atoms with Crippen molar-refractivity contribution >= 4 is 11.3 Å². The van der Waals surface area contributed by atoms with Crippen LogP contribution in [-0.4, -0.2) is 41.7 Å². The topological polar surface area (TPSA) is 37.4 Å². The fourth-order valence-corrected chi connectivity index (χ4v) is 3.69. The van der Waals surface area contributed by atoms with Crippen LogP contribution in [0.5, 0.6) is 0 Å². The van der Waals surface area contributed by atoms with Crippen molar-refractivity contribution in [2.24, 2.45) is 0 Å². The van der Waals surface area contributed by atoms with Crippen LogP contribution in [0.25, 0.3) is 0 Å². The highest BCUT2D eigenvalue weighted by Crippen LogP contribution is 2.29. The van der Waals surface area contributed by atoms with Gasteiger partial charge >= 0.3 is 0 Å². The number of hydrogen-bond acceptors (Lipinski definition) is 5. The maximum Gasteiger partial charge on any atom is 0.123 e. The summed E-state index contributed by atoms with van der Waals surface area (Å²) in [6, 6.07) is 1.08. The van der Waals surface area contributed by atoms with Gasteiger partial charge < -0.3 is 10.1 Å². The molecule has 21 heavy (non-hydrogen) atoms. The molecular formula is C16H29N3OS. The van der Waals surface area contributed by atoms with E-state index in [-0.39, 0.29) is 6.10 Å². The highest BCUT2D eigenvalue weighted by Gasteiger charge is 2.26. The molecule has 0 aliphatic carbocycles. The summed E-state index contributed by atoms with van der Waals surface area (Å²) >= 11 is 1.82. The Morgan fingerprint density at radius 3 is 2.76 bits per heavy atom. The zero-order valence-electron chi connectivity index (χ0n) is 14.0. The van der Waals surface area contributed by atoms with Crippen LogP contribution in [0.1, 0.15) is 56.3 Å². The van der Waals surface area contributed by atoms with Crippen LogP contribution in [0, 0.1) is 0 Å². The minimum Gasteiger partial charge on any atom is -0.368 e. The normalized spacial score (nSPS) is 20.6. The van der Waals surface area contributed by atoms with Crippen LogP contribution in [-0.2, 0) is 17.7 Å². The summed E-state index contributed by atoms with van der Waals surface area (Å²) in [5, 5.41) is 4.65. The molecule has 2 rings (SSSR count). The number of rotatable bonds is 6. The van der Waals surface area contributed by atoms with E-state index in [0.717, 1.165) is 37.7 Å². The lowest BCUT2D eigenvalue weighted by Crippen LogP contribution is -2.42. The number of hydrogen-bond donors (Lipinski definition) is 1.